The van der Waals surface area contributed by atoms with Crippen molar-refractivity contribution in [3.05, 3.63) is 28.2 Å². The Balaban J connectivity index is 2.84. The zero-order valence-corrected chi connectivity index (χ0v) is 12.5. The van der Waals surface area contributed by atoms with Crippen LogP contribution in [0.2, 0.25) is 0 Å². The molecule has 1 atom stereocenters. The van der Waals surface area contributed by atoms with Crippen LogP contribution in [0.4, 0.5) is 0 Å². The largest absolute Gasteiger partial charge is 0.496 e. The smallest absolute Gasteiger partial charge is 0.124 e. The molecule has 0 radical (unpaired) electrons. The highest BCUT2D eigenvalue weighted by atomic mass is 79.9. The number of rotatable bonds is 6. The molecule has 0 aromatic heterocycles. The third kappa shape index (κ3) is 4.00. The number of halogens is 1. The number of hydrogen-bond donors (Lipinski definition) is 1. The second-order valence-corrected chi connectivity index (χ2v) is 5.33. The standard InChI is InChI=1S/C14H22BrNO/c1-4-10(5-2)8-13(16)12-7-6-11(15)9-14(12)17-3/h6-7,9-10,13H,4-5,8,16H2,1-3H3. The van der Waals surface area contributed by atoms with Gasteiger partial charge in [0.15, 0.2) is 0 Å². The first-order valence-corrected chi connectivity index (χ1v) is 7.00. The predicted octanol–water partition coefficient (Wildman–Crippen LogP) is 4.28. The Hall–Kier alpha value is -0.540. The second kappa shape index (κ2) is 7.02. The molecule has 0 saturated carbocycles. The van der Waals surface area contributed by atoms with Crippen molar-refractivity contribution in [1.29, 1.82) is 0 Å². The molecule has 0 amide bonds. The van der Waals surface area contributed by atoms with Crippen LogP contribution in [0.3, 0.4) is 0 Å². The molecule has 1 unspecified atom stereocenters. The molecule has 2 nitrogen and oxygen atoms in total. The molecule has 0 spiro atoms. The molecular weight excluding hydrogens is 278 g/mol. The summed E-state index contributed by atoms with van der Waals surface area (Å²) in [4.78, 5) is 0. The average molecular weight is 300 g/mol. The van der Waals surface area contributed by atoms with Crippen molar-refractivity contribution in [2.24, 2.45) is 11.7 Å². The van der Waals surface area contributed by atoms with Crippen LogP contribution in [0, 0.1) is 5.92 Å². The lowest BCUT2D eigenvalue weighted by Gasteiger charge is -2.20. The Labute approximate surface area is 113 Å². The first-order valence-electron chi connectivity index (χ1n) is 6.21. The highest BCUT2D eigenvalue weighted by Crippen LogP contribution is 2.31. The van der Waals surface area contributed by atoms with Gasteiger partial charge in [-0.1, -0.05) is 48.7 Å². The monoisotopic (exact) mass is 299 g/mol. The molecule has 96 valence electrons. The van der Waals surface area contributed by atoms with Crippen LogP contribution in [0.15, 0.2) is 22.7 Å². The van der Waals surface area contributed by atoms with E-state index in [4.69, 9.17) is 10.5 Å². The summed E-state index contributed by atoms with van der Waals surface area (Å²) in [6.45, 7) is 4.44. The van der Waals surface area contributed by atoms with Crippen molar-refractivity contribution < 1.29 is 4.74 Å². The fourth-order valence-electron chi connectivity index (χ4n) is 2.10. The molecule has 0 aliphatic carbocycles. The molecule has 1 aromatic carbocycles. The summed E-state index contributed by atoms with van der Waals surface area (Å²) in [5.41, 5.74) is 7.38. The van der Waals surface area contributed by atoms with Gasteiger partial charge in [0.25, 0.3) is 0 Å². The van der Waals surface area contributed by atoms with Gasteiger partial charge in [0, 0.05) is 16.1 Å². The number of nitrogens with two attached hydrogens (primary N) is 1. The summed E-state index contributed by atoms with van der Waals surface area (Å²) < 4.78 is 6.41. The average Bonchev–Trinajstić information content (AvgIpc) is 2.35. The van der Waals surface area contributed by atoms with Gasteiger partial charge in [0.2, 0.25) is 0 Å². The predicted molar refractivity (Wildman–Crippen MR) is 76.3 cm³/mol. The Morgan fingerprint density at radius 2 is 1.94 bits per heavy atom. The van der Waals surface area contributed by atoms with E-state index in [1.165, 1.54) is 12.8 Å². The summed E-state index contributed by atoms with van der Waals surface area (Å²) in [6.07, 6.45) is 3.39. The van der Waals surface area contributed by atoms with Crippen molar-refractivity contribution in [1.82, 2.24) is 0 Å². The minimum Gasteiger partial charge on any atom is -0.496 e. The van der Waals surface area contributed by atoms with Gasteiger partial charge in [0.05, 0.1) is 7.11 Å². The van der Waals surface area contributed by atoms with Gasteiger partial charge in [-0.05, 0) is 24.5 Å². The Bertz CT molecular complexity index is 350. The van der Waals surface area contributed by atoms with Crippen molar-refractivity contribution in [3.63, 3.8) is 0 Å². The zero-order chi connectivity index (χ0) is 12.8. The molecule has 3 heteroatoms. The van der Waals surface area contributed by atoms with Crippen LogP contribution in [-0.4, -0.2) is 7.11 Å². The first-order chi connectivity index (χ1) is 8.12. The highest BCUT2D eigenvalue weighted by Gasteiger charge is 2.16. The number of ether oxygens (including phenoxy) is 1. The molecule has 0 saturated heterocycles. The number of hydrogen-bond acceptors (Lipinski definition) is 2. The summed E-state index contributed by atoms with van der Waals surface area (Å²) >= 11 is 3.44. The topological polar surface area (TPSA) is 35.2 Å². The third-order valence-electron chi connectivity index (χ3n) is 3.34. The van der Waals surface area contributed by atoms with Gasteiger partial charge >= 0.3 is 0 Å². The molecule has 2 N–H and O–H groups in total. The number of benzene rings is 1. The van der Waals surface area contributed by atoms with Crippen molar-refractivity contribution in [2.45, 2.75) is 39.2 Å². The summed E-state index contributed by atoms with van der Waals surface area (Å²) in [6, 6.07) is 6.10. The number of methoxy groups -OCH3 is 1. The van der Waals surface area contributed by atoms with Gasteiger partial charge in [-0.25, -0.2) is 0 Å². The van der Waals surface area contributed by atoms with Gasteiger partial charge < -0.3 is 10.5 Å². The molecule has 0 aliphatic heterocycles. The quantitative estimate of drug-likeness (QED) is 0.851. The fraction of sp³-hybridized carbons (Fsp3) is 0.571. The molecule has 0 aliphatic rings. The van der Waals surface area contributed by atoms with Gasteiger partial charge in [-0.2, -0.15) is 0 Å². The molecular formula is C14H22BrNO. The van der Waals surface area contributed by atoms with Gasteiger partial charge in [0.1, 0.15) is 5.75 Å². The SMILES string of the molecule is CCC(CC)CC(N)c1ccc(Br)cc1OC. The Kier molecular flexibility index (Phi) is 6.00. The van der Waals surface area contributed by atoms with Gasteiger partial charge in [-0.15, -0.1) is 0 Å². The zero-order valence-electron chi connectivity index (χ0n) is 10.9. The lowest BCUT2D eigenvalue weighted by Crippen LogP contribution is -2.15. The van der Waals surface area contributed by atoms with Crippen molar-refractivity contribution in [3.8, 4) is 5.75 Å². The fourth-order valence-corrected chi connectivity index (χ4v) is 2.44. The minimum atomic E-state index is 0.0583. The van der Waals surface area contributed by atoms with Crippen LogP contribution in [0.5, 0.6) is 5.75 Å². The summed E-state index contributed by atoms with van der Waals surface area (Å²) in [5, 5.41) is 0. The van der Waals surface area contributed by atoms with Crippen LogP contribution in [-0.2, 0) is 0 Å². The van der Waals surface area contributed by atoms with Crippen LogP contribution in [0.25, 0.3) is 0 Å². The maximum atomic E-state index is 6.28. The van der Waals surface area contributed by atoms with E-state index < -0.39 is 0 Å². The van der Waals surface area contributed by atoms with Crippen molar-refractivity contribution in [2.75, 3.05) is 7.11 Å². The third-order valence-corrected chi connectivity index (χ3v) is 3.83. The second-order valence-electron chi connectivity index (χ2n) is 4.41. The summed E-state index contributed by atoms with van der Waals surface area (Å²) in [7, 11) is 1.69. The maximum absolute atomic E-state index is 6.28. The minimum absolute atomic E-state index is 0.0583. The van der Waals surface area contributed by atoms with Crippen LogP contribution < -0.4 is 10.5 Å². The lowest BCUT2D eigenvalue weighted by molar-refractivity contribution is 0.383. The Morgan fingerprint density at radius 1 is 1.29 bits per heavy atom. The molecule has 0 bridgehead atoms. The molecule has 1 rings (SSSR count). The van der Waals surface area contributed by atoms with E-state index in [-0.39, 0.29) is 6.04 Å². The van der Waals surface area contributed by atoms with E-state index >= 15 is 0 Å². The van der Waals surface area contributed by atoms with E-state index in [0.717, 1.165) is 22.2 Å². The maximum Gasteiger partial charge on any atom is 0.124 e. The van der Waals surface area contributed by atoms with E-state index in [1.54, 1.807) is 7.11 Å². The van der Waals surface area contributed by atoms with E-state index in [0.29, 0.717) is 5.92 Å². The molecule has 0 fully saturated rings. The molecule has 0 heterocycles. The van der Waals surface area contributed by atoms with Gasteiger partial charge in [-0.3, -0.25) is 0 Å². The first kappa shape index (κ1) is 14.5. The van der Waals surface area contributed by atoms with E-state index in [1.807, 2.05) is 12.1 Å². The van der Waals surface area contributed by atoms with Crippen LogP contribution in [0.1, 0.15) is 44.7 Å². The normalized spacial score (nSPS) is 12.8. The molecule has 17 heavy (non-hydrogen) atoms. The van der Waals surface area contributed by atoms with E-state index in [9.17, 15) is 0 Å². The van der Waals surface area contributed by atoms with E-state index in [2.05, 4.69) is 35.8 Å². The Morgan fingerprint density at radius 3 is 2.47 bits per heavy atom. The highest BCUT2D eigenvalue weighted by molar-refractivity contribution is 9.10. The van der Waals surface area contributed by atoms with Crippen molar-refractivity contribution >= 4 is 15.9 Å². The summed E-state index contributed by atoms with van der Waals surface area (Å²) in [5.74, 6) is 1.57. The van der Waals surface area contributed by atoms with Crippen LogP contribution >= 0.6 is 15.9 Å². The lowest BCUT2D eigenvalue weighted by atomic mass is 9.91. The molecule has 1 aromatic rings.